The molecule has 17 heavy (non-hydrogen) atoms. The number of likely N-dealkylation sites (N-methyl/N-ethyl adjacent to an activating group) is 1. The first-order chi connectivity index (χ1) is 8.04. The van der Waals surface area contributed by atoms with Crippen LogP contribution in [0, 0.1) is 0 Å². The van der Waals surface area contributed by atoms with Crippen LogP contribution < -0.4 is 16.2 Å². The van der Waals surface area contributed by atoms with E-state index in [9.17, 15) is 9.59 Å². The number of carbonyl (C=O) groups is 1. The molecule has 94 valence electrons. The lowest BCUT2D eigenvalue weighted by molar-refractivity contribution is 0.0950. The summed E-state index contributed by atoms with van der Waals surface area (Å²) >= 11 is 3.08. The molecule has 0 spiro atoms. The fraction of sp³-hybridized carbons (Fsp3) is 0.455. The number of hydrogen-bond acceptors (Lipinski definition) is 3. The third-order valence-electron chi connectivity index (χ3n) is 2.24. The van der Waals surface area contributed by atoms with Gasteiger partial charge in [0, 0.05) is 18.8 Å². The minimum absolute atomic E-state index is 0.202. The molecular weight excluding hydrogens is 286 g/mol. The minimum atomic E-state index is -0.248. The summed E-state index contributed by atoms with van der Waals surface area (Å²) in [7, 11) is 0. The van der Waals surface area contributed by atoms with E-state index in [1.807, 2.05) is 13.8 Å². The molecule has 1 aromatic heterocycles. The van der Waals surface area contributed by atoms with Crippen molar-refractivity contribution in [1.29, 1.82) is 0 Å². The smallest absolute Gasteiger partial charge is 0.262 e. The van der Waals surface area contributed by atoms with Crippen LogP contribution >= 0.6 is 15.9 Å². The van der Waals surface area contributed by atoms with Crippen LogP contribution in [0.25, 0.3) is 0 Å². The van der Waals surface area contributed by atoms with Crippen molar-refractivity contribution in [2.75, 3.05) is 13.1 Å². The number of halogens is 1. The van der Waals surface area contributed by atoms with Crippen molar-refractivity contribution < 1.29 is 4.79 Å². The lowest BCUT2D eigenvalue weighted by Gasteiger charge is -2.13. The Labute approximate surface area is 108 Å². The quantitative estimate of drug-likeness (QED) is 0.755. The van der Waals surface area contributed by atoms with Crippen molar-refractivity contribution in [2.45, 2.75) is 19.9 Å². The van der Waals surface area contributed by atoms with E-state index >= 15 is 0 Å². The highest BCUT2D eigenvalue weighted by Gasteiger charge is 2.08. The Bertz CT molecular complexity index is 445. The van der Waals surface area contributed by atoms with Gasteiger partial charge in [-0.2, -0.15) is 0 Å². The second kappa shape index (κ2) is 6.56. The van der Waals surface area contributed by atoms with Crippen LogP contribution in [-0.4, -0.2) is 30.0 Å². The molecule has 1 aromatic rings. The van der Waals surface area contributed by atoms with E-state index in [4.69, 9.17) is 0 Å². The van der Waals surface area contributed by atoms with Crippen LogP contribution in [0.4, 0.5) is 0 Å². The average Bonchev–Trinajstić information content (AvgIpc) is 2.30. The fourth-order valence-corrected chi connectivity index (χ4v) is 1.72. The summed E-state index contributed by atoms with van der Waals surface area (Å²) in [5.74, 6) is -0.202. The molecule has 5 nitrogen and oxygen atoms in total. The van der Waals surface area contributed by atoms with Crippen molar-refractivity contribution in [1.82, 2.24) is 15.6 Å². The van der Waals surface area contributed by atoms with Gasteiger partial charge in [-0.3, -0.25) is 9.59 Å². The number of H-pyrrole nitrogens is 1. The van der Waals surface area contributed by atoms with Gasteiger partial charge in [0.05, 0.1) is 10.0 Å². The zero-order valence-corrected chi connectivity index (χ0v) is 11.4. The maximum Gasteiger partial charge on any atom is 0.262 e. The van der Waals surface area contributed by atoms with E-state index in [1.54, 1.807) is 0 Å². The van der Waals surface area contributed by atoms with Crippen LogP contribution in [-0.2, 0) is 0 Å². The molecule has 1 amide bonds. The van der Waals surface area contributed by atoms with Crippen LogP contribution in [0.5, 0.6) is 0 Å². The molecule has 0 fully saturated rings. The molecule has 1 rings (SSSR count). The van der Waals surface area contributed by atoms with Crippen LogP contribution in [0.15, 0.2) is 21.5 Å². The lowest BCUT2D eigenvalue weighted by atomic mass is 10.2. The Morgan fingerprint density at radius 1 is 1.59 bits per heavy atom. The molecule has 0 aliphatic rings. The molecule has 1 heterocycles. The van der Waals surface area contributed by atoms with Gasteiger partial charge in [0.1, 0.15) is 0 Å². The Morgan fingerprint density at radius 3 is 2.88 bits per heavy atom. The number of nitrogens with one attached hydrogen (secondary N) is 3. The largest absolute Gasteiger partial charge is 0.350 e. The van der Waals surface area contributed by atoms with Gasteiger partial charge in [0.15, 0.2) is 0 Å². The molecule has 0 bridgehead atoms. The standard InChI is InChI=1S/C11H16BrN3O2/c1-3-13-7(2)5-14-10(16)8-4-9(12)11(17)15-6-8/h4,6-7,13H,3,5H2,1-2H3,(H,14,16)(H,15,17)/t7-/m1/s1. The summed E-state index contributed by atoms with van der Waals surface area (Å²) < 4.78 is 0.352. The van der Waals surface area contributed by atoms with E-state index in [2.05, 4.69) is 31.5 Å². The summed E-state index contributed by atoms with van der Waals surface area (Å²) in [5.41, 5.74) is 0.183. The molecule has 0 saturated carbocycles. The Hall–Kier alpha value is -1.14. The molecule has 0 unspecified atom stereocenters. The summed E-state index contributed by atoms with van der Waals surface area (Å²) in [5, 5.41) is 5.98. The average molecular weight is 302 g/mol. The minimum Gasteiger partial charge on any atom is -0.350 e. The van der Waals surface area contributed by atoms with Crippen molar-refractivity contribution in [3.8, 4) is 0 Å². The van der Waals surface area contributed by atoms with Gasteiger partial charge >= 0.3 is 0 Å². The maximum absolute atomic E-state index is 11.7. The highest BCUT2D eigenvalue weighted by atomic mass is 79.9. The number of amides is 1. The van der Waals surface area contributed by atoms with E-state index in [-0.39, 0.29) is 17.5 Å². The number of aromatic nitrogens is 1. The van der Waals surface area contributed by atoms with Gasteiger partial charge in [0.2, 0.25) is 0 Å². The first-order valence-electron chi connectivity index (χ1n) is 5.44. The predicted molar refractivity (Wildman–Crippen MR) is 70.2 cm³/mol. The molecule has 6 heteroatoms. The molecule has 0 radical (unpaired) electrons. The van der Waals surface area contributed by atoms with Gasteiger partial charge < -0.3 is 15.6 Å². The molecule has 0 saturated heterocycles. The Balaban J connectivity index is 2.58. The second-order valence-electron chi connectivity index (χ2n) is 3.73. The van der Waals surface area contributed by atoms with Crippen LogP contribution in [0.3, 0.4) is 0 Å². The number of hydrogen-bond donors (Lipinski definition) is 3. The summed E-state index contributed by atoms with van der Waals surface area (Å²) in [6.45, 7) is 5.41. The zero-order valence-electron chi connectivity index (χ0n) is 9.84. The number of aromatic amines is 1. The third kappa shape index (κ3) is 4.32. The SMILES string of the molecule is CCN[C@H](C)CNC(=O)c1c[nH]c(=O)c(Br)c1. The molecule has 0 aliphatic heterocycles. The van der Waals surface area contributed by atoms with Gasteiger partial charge in [-0.15, -0.1) is 0 Å². The molecule has 0 aromatic carbocycles. The van der Waals surface area contributed by atoms with Crippen molar-refractivity contribution in [3.63, 3.8) is 0 Å². The van der Waals surface area contributed by atoms with Gasteiger partial charge in [0.25, 0.3) is 11.5 Å². The van der Waals surface area contributed by atoms with E-state index in [1.165, 1.54) is 12.3 Å². The predicted octanol–water partition coefficient (Wildman–Crippen LogP) is 0.865. The normalized spacial score (nSPS) is 12.2. The Morgan fingerprint density at radius 2 is 2.29 bits per heavy atom. The number of carbonyl (C=O) groups excluding carboxylic acids is 1. The first kappa shape index (κ1) is 13.9. The fourth-order valence-electron chi connectivity index (χ4n) is 1.36. The van der Waals surface area contributed by atoms with Crippen molar-refractivity contribution in [2.24, 2.45) is 0 Å². The van der Waals surface area contributed by atoms with Gasteiger partial charge in [-0.05, 0) is 35.5 Å². The van der Waals surface area contributed by atoms with Gasteiger partial charge in [-0.1, -0.05) is 6.92 Å². The summed E-state index contributed by atoms with van der Waals surface area (Å²) in [6, 6.07) is 1.72. The first-order valence-corrected chi connectivity index (χ1v) is 6.23. The summed E-state index contributed by atoms with van der Waals surface area (Å²) in [4.78, 5) is 25.3. The zero-order chi connectivity index (χ0) is 12.8. The second-order valence-corrected chi connectivity index (χ2v) is 4.59. The number of pyridine rings is 1. The van der Waals surface area contributed by atoms with Gasteiger partial charge in [-0.25, -0.2) is 0 Å². The Kier molecular flexibility index (Phi) is 5.37. The van der Waals surface area contributed by atoms with Crippen LogP contribution in [0.2, 0.25) is 0 Å². The molecule has 1 atom stereocenters. The van der Waals surface area contributed by atoms with Crippen molar-refractivity contribution in [3.05, 3.63) is 32.7 Å². The molecule has 3 N–H and O–H groups in total. The van der Waals surface area contributed by atoms with E-state index < -0.39 is 0 Å². The third-order valence-corrected chi connectivity index (χ3v) is 2.83. The van der Waals surface area contributed by atoms with E-state index in [0.29, 0.717) is 16.6 Å². The maximum atomic E-state index is 11.7. The number of rotatable bonds is 5. The summed E-state index contributed by atoms with van der Waals surface area (Å²) in [6.07, 6.45) is 1.40. The highest BCUT2D eigenvalue weighted by Crippen LogP contribution is 2.04. The monoisotopic (exact) mass is 301 g/mol. The van der Waals surface area contributed by atoms with Crippen molar-refractivity contribution >= 4 is 21.8 Å². The molecule has 0 aliphatic carbocycles. The lowest BCUT2D eigenvalue weighted by Crippen LogP contribution is -2.38. The topological polar surface area (TPSA) is 74.0 Å². The highest BCUT2D eigenvalue weighted by molar-refractivity contribution is 9.10. The molecular formula is C11H16BrN3O2. The van der Waals surface area contributed by atoms with Crippen LogP contribution in [0.1, 0.15) is 24.2 Å². The van der Waals surface area contributed by atoms with E-state index in [0.717, 1.165) is 6.54 Å².